The lowest BCUT2D eigenvalue weighted by molar-refractivity contribution is 0.102. The van der Waals surface area contributed by atoms with Crippen LogP contribution in [-0.4, -0.2) is 37.4 Å². The summed E-state index contributed by atoms with van der Waals surface area (Å²) in [4.78, 5) is 35.8. The first-order chi connectivity index (χ1) is 12.8. The molecule has 0 radical (unpaired) electrons. The van der Waals surface area contributed by atoms with Gasteiger partial charge in [-0.15, -0.1) is 0 Å². The molecular formula is C18H17N7O. The number of hydrogen-bond acceptors (Lipinski definition) is 7. The second kappa shape index (κ2) is 7.22. The standard InChI is InChI=1S/C18H17N7O/c26-17(24-16-12-19-9-10-20-16)14-5-1-4-13(23-14)15-6-2-11-25(15)18-21-7-3-8-22-18/h1,3-5,7-10,12,15H,2,6,11H2,(H,20,24,26)/t15-/m0/s1. The van der Waals surface area contributed by atoms with Gasteiger partial charge in [-0.25, -0.2) is 19.9 Å². The molecule has 26 heavy (non-hydrogen) atoms. The minimum absolute atomic E-state index is 0.0571. The summed E-state index contributed by atoms with van der Waals surface area (Å²) in [5, 5.41) is 2.71. The Bertz CT molecular complexity index is 888. The van der Waals surface area contributed by atoms with Gasteiger partial charge in [-0.05, 0) is 31.0 Å². The SMILES string of the molecule is O=C(Nc1cnccn1)c1cccc([C@@H]2CCCN2c2ncccn2)n1. The van der Waals surface area contributed by atoms with Crippen molar-refractivity contribution in [3.8, 4) is 0 Å². The highest BCUT2D eigenvalue weighted by Crippen LogP contribution is 2.33. The van der Waals surface area contributed by atoms with E-state index in [1.54, 1.807) is 30.7 Å². The smallest absolute Gasteiger partial charge is 0.275 e. The largest absolute Gasteiger partial charge is 0.332 e. The van der Waals surface area contributed by atoms with E-state index in [4.69, 9.17) is 0 Å². The van der Waals surface area contributed by atoms with Crippen LogP contribution < -0.4 is 10.2 Å². The Kier molecular flexibility index (Phi) is 4.46. The molecule has 130 valence electrons. The Morgan fingerprint density at radius 1 is 1.08 bits per heavy atom. The molecule has 1 N–H and O–H groups in total. The topological polar surface area (TPSA) is 96.8 Å². The molecular weight excluding hydrogens is 330 g/mol. The highest BCUT2D eigenvalue weighted by Gasteiger charge is 2.29. The van der Waals surface area contributed by atoms with Gasteiger partial charge in [-0.1, -0.05) is 6.07 Å². The lowest BCUT2D eigenvalue weighted by Crippen LogP contribution is -2.26. The van der Waals surface area contributed by atoms with Crippen LogP contribution in [0.1, 0.15) is 35.1 Å². The number of anilines is 2. The van der Waals surface area contributed by atoms with Crippen molar-refractivity contribution < 1.29 is 4.79 Å². The van der Waals surface area contributed by atoms with Crippen molar-refractivity contribution in [2.24, 2.45) is 0 Å². The van der Waals surface area contributed by atoms with Gasteiger partial charge in [0.05, 0.1) is 17.9 Å². The second-order valence-corrected chi connectivity index (χ2v) is 5.89. The van der Waals surface area contributed by atoms with Crippen molar-refractivity contribution in [3.63, 3.8) is 0 Å². The molecule has 1 aliphatic heterocycles. The minimum atomic E-state index is -0.312. The molecule has 8 nitrogen and oxygen atoms in total. The van der Waals surface area contributed by atoms with E-state index in [-0.39, 0.29) is 11.9 Å². The Balaban J connectivity index is 1.56. The zero-order valence-electron chi connectivity index (χ0n) is 14.0. The molecule has 0 spiro atoms. The van der Waals surface area contributed by atoms with E-state index in [1.165, 1.54) is 12.4 Å². The Morgan fingerprint density at radius 2 is 1.96 bits per heavy atom. The highest BCUT2D eigenvalue weighted by atomic mass is 16.1. The first-order valence-electron chi connectivity index (χ1n) is 8.39. The van der Waals surface area contributed by atoms with Crippen molar-refractivity contribution in [1.82, 2.24) is 24.9 Å². The lowest BCUT2D eigenvalue weighted by Gasteiger charge is -2.24. The zero-order valence-corrected chi connectivity index (χ0v) is 14.0. The fraction of sp³-hybridized carbons (Fsp3) is 0.222. The third kappa shape index (κ3) is 3.34. The molecule has 1 fully saturated rings. The summed E-state index contributed by atoms with van der Waals surface area (Å²) in [6.07, 6.45) is 10.0. The fourth-order valence-corrected chi connectivity index (χ4v) is 3.06. The summed E-state index contributed by atoms with van der Waals surface area (Å²) >= 11 is 0. The van der Waals surface area contributed by atoms with E-state index < -0.39 is 0 Å². The van der Waals surface area contributed by atoms with Crippen molar-refractivity contribution in [2.75, 3.05) is 16.8 Å². The summed E-state index contributed by atoms with van der Waals surface area (Å²) in [6, 6.07) is 7.32. The molecule has 0 saturated carbocycles. The summed E-state index contributed by atoms with van der Waals surface area (Å²) in [5.41, 5.74) is 1.18. The summed E-state index contributed by atoms with van der Waals surface area (Å²) in [7, 11) is 0. The molecule has 1 saturated heterocycles. The number of carbonyl (C=O) groups excluding carboxylic acids is 1. The van der Waals surface area contributed by atoms with E-state index in [0.29, 0.717) is 17.5 Å². The lowest BCUT2D eigenvalue weighted by atomic mass is 10.1. The van der Waals surface area contributed by atoms with Gasteiger partial charge in [0, 0.05) is 31.3 Å². The second-order valence-electron chi connectivity index (χ2n) is 5.89. The molecule has 0 unspecified atom stereocenters. The van der Waals surface area contributed by atoms with Gasteiger partial charge < -0.3 is 10.2 Å². The van der Waals surface area contributed by atoms with Crippen LogP contribution >= 0.6 is 0 Å². The van der Waals surface area contributed by atoms with Crippen LogP contribution in [0.4, 0.5) is 11.8 Å². The average molecular weight is 347 g/mol. The number of hydrogen-bond donors (Lipinski definition) is 1. The molecule has 1 aliphatic rings. The van der Waals surface area contributed by atoms with E-state index >= 15 is 0 Å². The number of nitrogens with one attached hydrogen (secondary N) is 1. The molecule has 8 heteroatoms. The molecule has 0 aliphatic carbocycles. The Morgan fingerprint density at radius 3 is 2.77 bits per heavy atom. The van der Waals surface area contributed by atoms with Crippen molar-refractivity contribution in [3.05, 3.63) is 66.6 Å². The van der Waals surface area contributed by atoms with Crippen molar-refractivity contribution in [1.29, 1.82) is 0 Å². The van der Waals surface area contributed by atoms with E-state index in [1.807, 2.05) is 12.1 Å². The number of amides is 1. The van der Waals surface area contributed by atoms with Gasteiger partial charge in [0.15, 0.2) is 5.82 Å². The molecule has 1 amide bonds. The molecule has 1 atom stereocenters. The highest BCUT2D eigenvalue weighted by molar-refractivity contribution is 6.02. The average Bonchev–Trinajstić information content (AvgIpc) is 3.19. The van der Waals surface area contributed by atoms with Crippen LogP contribution in [-0.2, 0) is 0 Å². The first-order valence-corrected chi connectivity index (χ1v) is 8.39. The number of nitrogens with zero attached hydrogens (tertiary/aromatic N) is 6. The maximum absolute atomic E-state index is 12.5. The number of carbonyl (C=O) groups is 1. The number of aromatic nitrogens is 5. The van der Waals surface area contributed by atoms with Crippen LogP contribution in [0.3, 0.4) is 0 Å². The first kappa shape index (κ1) is 16.1. The van der Waals surface area contributed by atoms with Crippen LogP contribution in [0.25, 0.3) is 0 Å². The Hall–Kier alpha value is -3.42. The number of pyridine rings is 1. The predicted octanol–water partition coefficient (Wildman–Crippen LogP) is 2.26. The predicted molar refractivity (Wildman–Crippen MR) is 95.6 cm³/mol. The van der Waals surface area contributed by atoms with Crippen molar-refractivity contribution >= 4 is 17.7 Å². The van der Waals surface area contributed by atoms with E-state index in [9.17, 15) is 4.79 Å². The molecule has 0 aromatic carbocycles. The minimum Gasteiger partial charge on any atom is -0.332 e. The maximum Gasteiger partial charge on any atom is 0.275 e. The molecule has 4 heterocycles. The monoisotopic (exact) mass is 347 g/mol. The fourth-order valence-electron chi connectivity index (χ4n) is 3.06. The zero-order chi connectivity index (χ0) is 17.8. The molecule has 0 bridgehead atoms. The van der Waals surface area contributed by atoms with Gasteiger partial charge in [0.1, 0.15) is 5.69 Å². The molecule has 3 aromatic rings. The molecule has 4 rings (SSSR count). The normalized spacial score (nSPS) is 16.5. The van der Waals surface area contributed by atoms with Gasteiger partial charge in [0.25, 0.3) is 5.91 Å². The summed E-state index contributed by atoms with van der Waals surface area (Å²) in [6.45, 7) is 0.867. The quantitative estimate of drug-likeness (QED) is 0.773. The van der Waals surface area contributed by atoms with Crippen LogP contribution in [0.5, 0.6) is 0 Å². The van der Waals surface area contributed by atoms with Gasteiger partial charge >= 0.3 is 0 Å². The third-order valence-electron chi connectivity index (χ3n) is 4.21. The van der Waals surface area contributed by atoms with Gasteiger partial charge in [0.2, 0.25) is 5.95 Å². The van der Waals surface area contributed by atoms with E-state index in [2.05, 4.69) is 35.1 Å². The summed E-state index contributed by atoms with van der Waals surface area (Å²) in [5.74, 6) is 0.768. The third-order valence-corrected chi connectivity index (χ3v) is 4.21. The van der Waals surface area contributed by atoms with Gasteiger partial charge in [-0.3, -0.25) is 9.78 Å². The number of rotatable bonds is 4. The van der Waals surface area contributed by atoms with Crippen LogP contribution in [0, 0.1) is 0 Å². The van der Waals surface area contributed by atoms with Crippen LogP contribution in [0.15, 0.2) is 55.2 Å². The maximum atomic E-state index is 12.5. The van der Waals surface area contributed by atoms with Gasteiger partial charge in [-0.2, -0.15) is 0 Å². The molecule has 3 aromatic heterocycles. The Labute approximate surface area is 150 Å². The van der Waals surface area contributed by atoms with E-state index in [0.717, 1.165) is 25.1 Å². The summed E-state index contributed by atoms with van der Waals surface area (Å²) < 4.78 is 0. The van der Waals surface area contributed by atoms with Crippen molar-refractivity contribution in [2.45, 2.75) is 18.9 Å². The van der Waals surface area contributed by atoms with Crippen LogP contribution in [0.2, 0.25) is 0 Å².